The number of amides is 3. The van der Waals surface area contributed by atoms with Gasteiger partial charge in [0.05, 0.1) is 12.2 Å². The lowest BCUT2D eigenvalue weighted by Crippen LogP contribution is -2.52. The van der Waals surface area contributed by atoms with Gasteiger partial charge in [0.25, 0.3) is 0 Å². The number of hydrogen-bond acceptors (Lipinski definition) is 4. The smallest absolute Gasteiger partial charge is 0.312 e. The molecule has 0 saturated carbocycles. The highest BCUT2D eigenvalue weighted by Gasteiger charge is 2.36. The van der Waals surface area contributed by atoms with Gasteiger partial charge in [0.1, 0.15) is 6.04 Å². The van der Waals surface area contributed by atoms with Gasteiger partial charge < -0.3 is 26.2 Å². The molecule has 0 radical (unpaired) electrons. The highest BCUT2D eigenvalue weighted by Crippen LogP contribution is 2.14. The third-order valence-corrected chi connectivity index (χ3v) is 2.80. The van der Waals surface area contributed by atoms with E-state index in [-0.39, 0.29) is 24.9 Å². The van der Waals surface area contributed by atoms with Gasteiger partial charge in [-0.15, -0.1) is 0 Å². The van der Waals surface area contributed by atoms with E-state index in [1.165, 1.54) is 4.90 Å². The topological polar surface area (TPSA) is 116 Å². The van der Waals surface area contributed by atoms with Gasteiger partial charge >= 0.3 is 6.03 Å². The number of nitrogens with zero attached hydrogens (tertiary/aromatic N) is 1. The zero-order valence-electron chi connectivity index (χ0n) is 9.96. The van der Waals surface area contributed by atoms with Crippen molar-refractivity contribution in [2.75, 3.05) is 13.1 Å². The quantitative estimate of drug-likeness (QED) is 0.471. The number of carbonyl (C=O) groups excluding carboxylic acids is 2. The average Bonchev–Trinajstić information content (AvgIpc) is 2.54. The van der Waals surface area contributed by atoms with Crippen molar-refractivity contribution in [2.45, 2.75) is 32.1 Å². The first-order valence-corrected chi connectivity index (χ1v) is 5.53. The van der Waals surface area contributed by atoms with Crippen LogP contribution in [0.1, 0.15) is 13.8 Å². The van der Waals surface area contributed by atoms with E-state index in [1.54, 1.807) is 13.8 Å². The Morgan fingerprint density at radius 2 is 1.76 bits per heavy atom. The lowest BCUT2D eigenvalue weighted by Gasteiger charge is -2.25. The van der Waals surface area contributed by atoms with E-state index in [2.05, 4.69) is 5.32 Å². The second kappa shape index (κ2) is 5.33. The van der Waals surface area contributed by atoms with Gasteiger partial charge in [-0.3, -0.25) is 4.79 Å². The molecule has 0 aromatic carbocycles. The summed E-state index contributed by atoms with van der Waals surface area (Å²) in [5.41, 5.74) is 5.00. The first-order valence-electron chi connectivity index (χ1n) is 5.53. The molecular formula is C10H19N3O4. The molecule has 0 aromatic heterocycles. The zero-order chi connectivity index (χ0) is 13.2. The molecule has 17 heavy (non-hydrogen) atoms. The van der Waals surface area contributed by atoms with Gasteiger partial charge in [-0.1, -0.05) is 13.8 Å². The molecule has 1 aliphatic rings. The summed E-state index contributed by atoms with van der Waals surface area (Å²) >= 11 is 0. The second-order valence-corrected chi connectivity index (χ2v) is 4.61. The van der Waals surface area contributed by atoms with Crippen LogP contribution in [0.25, 0.3) is 0 Å². The Bertz CT molecular complexity index is 298. The van der Waals surface area contributed by atoms with Crippen molar-refractivity contribution in [3.63, 3.8) is 0 Å². The van der Waals surface area contributed by atoms with Crippen molar-refractivity contribution < 1.29 is 19.8 Å². The monoisotopic (exact) mass is 245 g/mol. The molecular weight excluding hydrogens is 226 g/mol. The highest BCUT2D eigenvalue weighted by atomic mass is 16.3. The number of aliphatic hydroxyl groups excluding tert-OH is 2. The number of nitrogens with one attached hydrogen (secondary N) is 1. The number of aliphatic hydroxyl groups is 2. The number of carbonyl (C=O) groups is 2. The van der Waals surface area contributed by atoms with Crippen LogP contribution in [0.3, 0.4) is 0 Å². The van der Waals surface area contributed by atoms with Crippen LogP contribution in [-0.2, 0) is 4.79 Å². The molecule has 1 aliphatic heterocycles. The molecule has 98 valence electrons. The van der Waals surface area contributed by atoms with E-state index in [1.807, 2.05) is 0 Å². The van der Waals surface area contributed by atoms with Crippen molar-refractivity contribution in [2.24, 2.45) is 11.7 Å². The highest BCUT2D eigenvalue weighted by molar-refractivity contribution is 5.87. The molecule has 7 nitrogen and oxygen atoms in total. The lowest BCUT2D eigenvalue weighted by atomic mass is 10.0. The molecule has 7 heteroatoms. The van der Waals surface area contributed by atoms with Gasteiger partial charge in [-0.05, 0) is 5.92 Å². The first-order chi connectivity index (χ1) is 7.82. The number of likely N-dealkylation sites (tertiary alicyclic amines) is 1. The minimum atomic E-state index is -0.930. The minimum absolute atomic E-state index is 0.0731. The summed E-state index contributed by atoms with van der Waals surface area (Å²) < 4.78 is 0. The maximum absolute atomic E-state index is 12.0. The Morgan fingerprint density at radius 1 is 1.29 bits per heavy atom. The predicted molar refractivity (Wildman–Crippen MR) is 59.9 cm³/mol. The van der Waals surface area contributed by atoms with Crippen LogP contribution in [0.2, 0.25) is 0 Å². The summed E-state index contributed by atoms with van der Waals surface area (Å²) in [5.74, 6) is -0.459. The van der Waals surface area contributed by atoms with Crippen molar-refractivity contribution in [3.8, 4) is 0 Å². The summed E-state index contributed by atoms with van der Waals surface area (Å²) in [4.78, 5) is 24.2. The molecule has 0 bridgehead atoms. The van der Waals surface area contributed by atoms with Crippen LogP contribution in [0.15, 0.2) is 0 Å². The Kier molecular flexibility index (Phi) is 4.30. The molecule has 0 spiro atoms. The molecule has 1 fully saturated rings. The van der Waals surface area contributed by atoms with Crippen molar-refractivity contribution in [1.29, 1.82) is 0 Å². The summed E-state index contributed by atoms with van der Waals surface area (Å²) in [6, 6.07) is -1.50. The number of β-amino-alcohol motifs (C(OH)–C–C–N with tert-alkyl or cyclic N) is 2. The van der Waals surface area contributed by atoms with Crippen molar-refractivity contribution in [3.05, 3.63) is 0 Å². The van der Waals surface area contributed by atoms with E-state index in [9.17, 15) is 19.8 Å². The lowest BCUT2D eigenvalue weighted by molar-refractivity contribution is -0.133. The maximum Gasteiger partial charge on any atom is 0.312 e. The minimum Gasteiger partial charge on any atom is -0.388 e. The van der Waals surface area contributed by atoms with Gasteiger partial charge in [-0.2, -0.15) is 0 Å². The van der Waals surface area contributed by atoms with Crippen LogP contribution >= 0.6 is 0 Å². The Labute approximate surface area is 99.6 Å². The number of hydrogen-bond donors (Lipinski definition) is 4. The van der Waals surface area contributed by atoms with Gasteiger partial charge in [0.15, 0.2) is 0 Å². The summed E-state index contributed by atoms with van der Waals surface area (Å²) in [5, 5.41) is 21.1. The molecule has 0 aromatic rings. The normalized spacial score (nSPS) is 26.1. The number of primary amides is 1. The van der Waals surface area contributed by atoms with Gasteiger partial charge in [0.2, 0.25) is 5.91 Å². The summed E-state index contributed by atoms with van der Waals surface area (Å²) in [7, 11) is 0. The number of urea groups is 1. The zero-order valence-corrected chi connectivity index (χ0v) is 9.96. The van der Waals surface area contributed by atoms with Crippen LogP contribution in [-0.4, -0.2) is 58.4 Å². The molecule has 3 amide bonds. The third-order valence-electron chi connectivity index (χ3n) is 2.80. The fraction of sp³-hybridized carbons (Fsp3) is 0.800. The SMILES string of the molecule is CC(C)C(NC(N)=O)C(=O)N1C[C@@H](O)[C@@H](O)C1. The van der Waals surface area contributed by atoms with Crippen molar-refractivity contribution in [1.82, 2.24) is 10.2 Å². The van der Waals surface area contributed by atoms with Gasteiger partial charge in [-0.25, -0.2) is 4.79 Å². The van der Waals surface area contributed by atoms with Crippen LogP contribution in [0.5, 0.6) is 0 Å². The second-order valence-electron chi connectivity index (χ2n) is 4.61. The van der Waals surface area contributed by atoms with Crippen LogP contribution < -0.4 is 11.1 Å². The Hall–Kier alpha value is -1.34. The van der Waals surface area contributed by atoms with Crippen LogP contribution in [0.4, 0.5) is 4.79 Å². The summed E-state index contributed by atoms with van der Waals surface area (Å²) in [6.07, 6.45) is -1.86. The molecule has 5 N–H and O–H groups in total. The predicted octanol–water partition coefficient (Wildman–Crippen LogP) is -1.76. The number of rotatable bonds is 3. The Balaban J connectivity index is 2.69. The van der Waals surface area contributed by atoms with E-state index in [0.717, 1.165) is 0 Å². The fourth-order valence-corrected chi connectivity index (χ4v) is 1.81. The molecule has 0 aliphatic carbocycles. The fourth-order valence-electron chi connectivity index (χ4n) is 1.81. The third kappa shape index (κ3) is 3.31. The standard InChI is InChI=1S/C10H19N3O4/c1-5(2)8(12-10(11)17)9(16)13-3-6(14)7(15)4-13/h5-8,14-15H,3-4H2,1-2H3,(H3,11,12,17)/t6-,7+,8?. The molecule has 1 rings (SSSR count). The molecule has 1 unspecified atom stereocenters. The van der Waals surface area contributed by atoms with Crippen molar-refractivity contribution >= 4 is 11.9 Å². The summed E-state index contributed by atoms with van der Waals surface area (Å²) in [6.45, 7) is 3.70. The Morgan fingerprint density at radius 3 is 2.12 bits per heavy atom. The van der Waals surface area contributed by atoms with Gasteiger partial charge in [0, 0.05) is 13.1 Å². The largest absolute Gasteiger partial charge is 0.388 e. The van der Waals surface area contributed by atoms with Crippen LogP contribution in [0, 0.1) is 5.92 Å². The molecule has 3 atom stereocenters. The first kappa shape index (κ1) is 13.7. The number of nitrogens with two attached hydrogens (primary N) is 1. The average molecular weight is 245 g/mol. The van der Waals surface area contributed by atoms with E-state index < -0.39 is 24.3 Å². The van der Waals surface area contributed by atoms with E-state index in [0.29, 0.717) is 0 Å². The molecule has 1 heterocycles. The molecule has 1 saturated heterocycles. The van der Waals surface area contributed by atoms with E-state index in [4.69, 9.17) is 5.73 Å². The maximum atomic E-state index is 12.0. The van der Waals surface area contributed by atoms with E-state index >= 15 is 0 Å².